The fourth-order valence-corrected chi connectivity index (χ4v) is 1.91. The molecule has 3 amide bonds. The molecule has 7 heteroatoms. The van der Waals surface area contributed by atoms with Gasteiger partial charge < -0.3 is 16.0 Å². The zero-order valence-electron chi connectivity index (χ0n) is 12.5. The van der Waals surface area contributed by atoms with E-state index in [-0.39, 0.29) is 18.0 Å². The number of rotatable bonds is 5. The molecular formula is C15H19N5O2. The number of anilines is 1. The molecule has 0 bridgehead atoms. The molecule has 0 fully saturated rings. The highest BCUT2D eigenvalue weighted by atomic mass is 16.2. The Labute approximate surface area is 128 Å². The summed E-state index contributed by atoms with van der Waals surface area (Å²) in [5, 5.41) is 14.8. The zero-order valence-corrected chi connectivity index (χ0v) is 12.5. The van der Waals surface area contributed by atoms with Crippen molar-refractivity contribution in [3.8, 4) is 0 Å². The highest BCUT2D eigenvalue weighted by Gasteiger charge is 2.10. The maximum Gasteiger partial charge on any atom is 0.319 e. The summed E-state index contributed by atoms with van der Waals surface area (Å²) in [6.45, 7) is 4.30. The molecule has 1 heterocycles. The number of hydrogen-bond donors (Lipinski definition) is 4. The molecule has 1 aromatic carbocycles. The molecule has 22 heavy (non-hydrogen) atoms. The predicted molar refractivity (Wildman–Crippen MR) is 83.6 cm³/mol. The molecule has 4 N–H and O–H groups in total. The molecule has 0 aliphatic carbocycles. The van der Waals surface area contributed by atoms with E-state index in [1.165, 1.54) is 0 Å². The van der Waals surface area contributed by atoms with E-state index in [0.717, 1.165) is 5.56 Å². The Morgan fingerprint density at radius 3 is 2.59 bits per heavy atom. The van der Waals surface area contributed by atoms with Crippen molar-refractivity contribution in [3.63, 3.8) is 0 Å². The highest BCUT2D eigenvalue weighted by Crippen LogP contribution is 2.12. The van der Waals surface area contributed by atoms with Crippen LogP contribution < -0.4 is 16.0 Å². The number of H-pyrrole nitrogens is 1. The fraction of sp³-hybridized carbons (Fsp3) is 0.267. The molecule has 2 aromatic rings. The first-order valence-electron chi connectivity index (χ1n) is 7.04. The van der Waals surface area contributed by atoms with Gasteiger partial charge in [-0.3, -0.25) is 9.89 Å². The maximum absolute atomic E-state index is 11.9. The highest BCUT2D eigenvalue weighted by molar-refractivity contribution is 5.95. The van der Waals surface area contributed by atoms with Crippen molar-refractivity contribution >= 4 is 17.6 Å². The summed E-state index contributed by atoms with van der Waals surface area (Å²) in [5.41, 5.74) is 2.06. The maximum atomic E-state index is 11.9. The van der Waals surface area contributed by atoms with Gasteiger partial charge in [0.15, 0.2) is 0 Å². The number of carbonyl (C=O) groups excluding carboxylic acids is 2. The first-order valence-corrected chi connectivity index (χ1v) is 7.04. The van der Waals surface area contributed by atoms with Crippen molar-refractivity contribution in [2.24, 2.45) is 0 Å². The van der Waals surface area contributed by atoms with Gasteiger partial charge in [-0.2, -0.15) is 5.10 Å². The summed E-state index contributed by atoms with van der Waals surface area (Å²) >= 11 is 0. The van der Waals surface area contributed by atoms with Crippen LogP contribution in [0.15, 0.2) is 36.7 Å². The Balaban J connectivity index is 1.90. The van der Waals surface area contributed by atoms with Crippen LogP contribution >= 0.6 is 0 Å². The summed E-state index contributed by atoms with van der Waals surface area (Å²) in [4.78, 5) is 23.5. The van der Waals surface area contributed by atoms with E-state index in [4.69, 9.17) is 0 Å². The molecule has 0 saturated heterocycles. The zero-order chi connectivity index (χ0) is 15.9. The van der Waals surface area contributed by atoms with Crippen LogP contribution in [-0.2, 0) is 0 Å². The molecule has 0 spiro atoms. The van der Waals surface area contributed by atoms with Crippen LogP contribution in [0.5, 0.6) is 0 Å². The number of aromatic amines is 1. The number of nitrogens with one attached hydrogen (secondary N) is 4. The number of nitrogens with zero attached hydrogens (tertiary/aromatic N) is 1. The first kappa shape index (κ1) is 15.6. The Morgan fingerprint density at radius 1 is 1.27 bits per heavy atom. The van der Waals surface area contributed by atoms with Crippen molar-refractivity contribution in [1.82, 2.24) is 20.8 Å². The van der Waals surface area contributed by atoms with Crippen LogP contribution in [0.4, 0.5) is 10.5 Å². The van der Waals surface area contributed by atoms with Gasteiger partial charge >= 0.3 is 6.03 Å². The smallest absolute Gasteiger partial charge is 0.319 e. The predicted octanol–water partition coefficient (Wildman–Crippen LogP) is 2.04. The van der Waals surface area contributed by atoms with E-state index in [1.807, 2.05) is 13.8 Å². The van der Waals surface area contributed by atoms with Crippen molar-refractivity contribution < 1.29 is 9.59 Å². The van der Waals surface area contributed by atoms with E-state index in [1.54, 1.807) is 36.7 Å². The second kappa shape index (κ2) is 7.26. The van der Waals surface area contributed by atoms with Gasteiger partial charge in [-0.25, -0.2) is 4.79 Å². The van der Waals surface area contributed by atoms with Crippen LogP contribution in [0.25, 0.3) is 0 Å². The van der Waals surface area contributed by atoms with Crippen molar-refractivity contribution in [3.05, 3.63) is 47.8 Å². The van der Waals surface area contributed by atoms with E-state index < -0.39 is 0 Å². The number of aromatic nitrogens is 2. The Morgan fingerprint density at radius 2 is 2.00 bits per heavy atom. The molecule has 0 saturated carbocycles. The molecule has 0 radical (unpaired) electrons. The van der Waals surface area contributed by atoms with Crippen molar-refractivity contribution in [2.45, 2.75) is 19.9 Å². The lowest BCUT2D eigenvalue weighted by Crippen LogP contribution is -2.31. The SMILES string of the molecule is CCNC(=O)c1ccc(NC(=O)N[C@H](C)c2cn[nH]c2)cc1. The lowest BCUT2D eigenvalue weighted by molar-refractivity contribution is 0.0956. The number of urea groups is 1. The molecular weight excluding hydrogens is 282 g/mol. The number of hydrogen-bond acceptors (Lipinski definition) is 3. The second-order valence-corrected chi connectivity index (χ2v) is 4.79. The lowest BCUT2D eigenvalue weighted by atomic mass is 10.2. The minimum Gasteiger partial charge on any atom is -0.352 e. The Hall–Kier alpha value is -2.83. The minimum atomic E-state index is -0.320. The van der Waals surface area contributed by atoms with Crippen LogP contribution in [0.3, 0.4) is 0 Å². The van der Waals surface area contributed by atoms with Crippen LogP contribution in [0.1, 0.15) is 35.8 Å². The van der Waals surface area contributed by atoms with Gasteiger partial charge in [-0.05, 0) is 38.1 Å². The number of carbonyl (C=O) groups is 2. The van der Waals surface area contributed by atoms with Gasteiger partial charge in [0.25, 0.3) is 5.91 Å². The largest absolute Gasteiger partial charge is 0.352 e. The van der Waals surface area contributed by atoms with Crippen molar-refractivity contribution in [1.29, 1.82) is 0 Å². The average Bonchev–Trinajstić information content (AvgIpc) is 3.02. The van der Waals surface area contributed by atoms with Gasteiger partial charge in [0.1, 0.15) is 0 Å². The van der Waals surface area contributed by atoms with E-state index in [2.05, 4.69) is 26.1 Å². The normalized spacial score (nSPS) is 11.5. The quantitative estimate of drug-likeness (QED) is 0.680. The standard InChI is InChI=1S/C15H19N5O2/c1-3-16-14(21)11-4-6-13(7-5-11)20-15(22)19-10(2)12-8-17-18-9-12/h4-10H,3H2,1-2H3,(H,16,21)(H,17,18)(H2,19,20,22)/t10-/m1/s1. The minimum absolute atomic E-state index is 0.132. The summed E-state index contributed by atoms with van der Waals surface area (Å²) in [6.07, 6.45) is 3.39. The molecule has 0 aliphatic heterocycles. The average molecular weight is 301 g/mol. The van der Waals surface area contributed by atoms with Crippen LogP contribution in [0, 0.1) is 0 Å². The third-order valence-electron chi connectivity index (χ3n) is 3.11. The third kappa shape index (κ3) is 4.08. The molecule has 7 nitrogen and oxygen atoms in total. The molecule has 1 atom stereocenters. The topological polar surface area (TPSA) is 98.9 Å². The van der Waals surface area contributed by atoms with Gasteiger partial charge in [0, 0.05) is 29.6 Å². The van der Waals surface area contributed by atoms with Crippen molar-refractivity contribution in [2.75, 3.05) is 11.9 Å². The second-order valence-electron chi connectivity index (χ2n) is 4.79. The summed E-state index contributed by atoms with van der Waals surface area (Å²) in [6, 6.07) is 6.23. The lowest BCUT2D eigenvalue weighted by Gasteiger charge is -2.13. The molecule has 0 aliphatic rings. The molecule has 1 aromatic heterocycles. The molecule has 116 valence electrons. The Bertz CT molecular complexity index is 622. The number of amides is 3. The third-order valence-corrected chi connectivity index (χ3v) is 3.11. The van der Waals surface area contributed by atoms with E-state index in [9.17, 15) is 9.59 Å². The van der Waals surface area contributed by atoms with Gasteiger partial charge in [-0.15, -0.1) is 0 Å². The summed E-state index contributed by atoms with van der Waals surface area (Å²) in [7, 11) is 0. The number of benzene rings is 1. The summed E-state index contributed by atoms with van der Waals surface area (Å²) < 4.78 is 0. The monoisotopic (exact) mass is 301 g/mol. The van der Waals surface area contributed by atoms with Gasteiger partial charge in [0.05, 0.1) is 12.2 Å². The first-order chi connectivity index (χ1) is 10.6. The van der Waals surface area contributed by atoms with Crippen LogP contribution in [0.2, 0.25) is 0 Å². The molecule has 2 rings (SSSR count). The van der Waals surface area contributed by atoms with Gasteiger partial charge in [-0.1, -0.05) is 0 Å². The van der Waals surface area contributed by atoms with Gasteiger partial charge in [0.2, 0.25) is 0 Å². The van der Waals surface area contributed by atoms with E-state index in [0.29, 0.717) is 17.8 Å². The van der Waals surface area contributed by atoms with E-state index >= 15 is 0 Å². The molecule has 0 unspecified atom stereocenters. The fourth-order valence-electron chi connectivity index (χ4n) is 1.91. The Kier molecular flexibility index (Phi) is 5.13. The summed E-state index contributed by atoms with van der Waals surface area (Å²) in [5.74, 6) is -0.132. The van der Waals surface area contributed by atoms with Crippen LogP contribution in [-0.4, -0.2) is 28.7 Å².